The van der Waals surface area contributed by atoms with Crippen molar-refractivity contribution in [1.82, 2.24) is 0 Å². The third-order valence-corrected chi connectivity index (χ3v) is 7.73. The maximum absolute atomic E-state index is 12.2. The predicted molar refractivity (Wildman–Crippen MR) is 74.9 cm³/mol. The first kappa shape index (κ1) is 16.3. The van der Waals surface area contributed by atoms with Crippen molar-refractivity contribution in [2.75, 3.05) is 21.3 Å². The van der Waals surface area contributed by atoms with Gasteiger partial charge in [-0.15, -0.1) is 0 Å². The van der Waals surface area contributed by atoms with Gasteiger partial charge in [0.05, 0.1) is 0 Å². The Morgan fingerprint density at radius 2 is 1.70 bits per heavy atom. The standard InChI is InChI=1S/C13H25O6P/c1-10(14)13(2)11-8-6-7-9-12(11)18-20(15-3,16-4,17-5)19-13/h11-12H,6-9H2,1-5H3. The van der Waals surface area contributed by atoms with E-state index in [1.54, 1.807) is 6.92 Å². The van der Waals surface area contributed by atoms with Gasteiger partial charge in [0.25, 0.3) is 0 Å². The summed E-state index contributed by atoms with van der Waals surface area (Å²) in [7, 11) is 0.109. The molecule has 2 aliphatic rings. The van der Waals surface area contributed by atoms with Gasteiger partial charge >= 0.3 is 119 Å². The van der Waals surface area contributed by atoms with Crippen molar-refractivity contribution in [3.05, 3.63) is 0 Å². The van der Waals surface area contributed by atoms with Crippen LogP contribution in [0.25, 0.3) is 0 Å². The van der Waals surface area contributed by atoms with Crippen LogP contribution in [0.1, 0.15) is 39.5 Å². The predicted octanol–water partition coefficient (Wildman–Crippen LogP) is 3.01. The zero-order valence-electron chi connectivity index (χ0n) is 12.9. The van der Waals surface area contributed by atoms with Crippen LogP contribution in [0.3, 0.4) is 0 Å². The Balaban J connectivity index is 2.48. The second-order valence-electron chi connectivity index (χ2n) is 5.58. The molecule has 0 aromatic carbocycles. The summed E-state index contributed by atoms with van der Waals surface area (Å²) in [4.78, 5) is 12.2. The van der Waals surface area contributed by atoms with Crippen LogP contribution in [-0.4, -0.2) is 38.8 Å². The normalized spacial score (nSPS) is 41.1. The van der Waals surface area contributed by atoms with E-state index in [0.29, 0.717) is 0 Å². The minimum absolute atomic E-state index is 0.00412. The molecule has 0 aromatic heterocycles. The number of rotatable bonds is 4. The van der Waals surface area contributed by atoms with E-state index in [2.05, 4.69) is 0 Å². The molecule has 2 rings (SSSR count). The second-order valence-corrected chi connectivity index (χ2v) is 8.56. The van der Waals surface area contributed by atoms with Gasteiger partial charge in [0.15, 0.2) is 0 Å². The summed E-state index contributed by atoms with van der Waals surface area (Å²) in [6.45, 7) is 3.32. The van der Waals surface area contributed by atoms with Gasteiger partial charge in [0, 0.05) is 0 Å². The average molecular weight is 308 g/mol. The summed E-state index contributed by atoms with van der Waals surface area (Å²) in [6.07, 6.45) is 3.72. The van der Waals surface area contributed by atoms with Crippen molar-refractivity contribution in [3.63, 3.8) is 0 Å². The molecule has 3 atom stereocenters. The van der Waals surface area contributed by atoms with Crippen molar-refractivity contribution in [2.24, 2.45) is 5.92 Å². The zero-order chi connectivity index (χ0) is 15.0. The molecule has 6 nitrogen and oxygen atoms in total. The van der Waals surface area contributed by atoms with Gasteiger partial charge in [0.2, 0.25) is 0 Å². The maximum atomic E-state index is 12.2. The van der Waals surface area contributed by atoms with Gasteiger partial charge in [0.1, 0.15) is 0 Å². The molecule has 1 heterocycles. The van der Waals surface area contributed by atoms with Crippen LogP contribution in [-0.2, 0) is 27.4 Å². The third-order valence-electron chi connectivity index (χ3n) is 4.65. The van der Waals surface area contributed by atoms with Crippen LogP contribution < -0.4 is 0 Å². The number of ketones is 1. The Bertz CT molecular complexity index is 385. The van der Waals surface area contributed by atoms with Crippen molar-refractivity contribution < 1.29 is 27.4 Å². The molecule has 20 heavy (non-hydrogen) atoms. The molecule has 1 aliphatic carbocycles. The fourth-order valence-corrected chi connectivity index (χ4v) is 5.81. The van der Waals surface area contributed by atoms with Gasteiger partial charge < -0.3 is 0 Å². The van der Waals surface area contributed by atoms with Gasteiger partial charge in [-0.2, -0.15) is 0 Å². The molecule has 3 unspecified atom stereocenters. The number of Topliss-reactive ketones (excluding diaryl/α,β-unsaturated/α-hetero) is 1. The molecule has 118 valence electrons. The molecule has 0 aromatic rings. The summed E-state index contributed by atoms with van der Waals surface area (Å²) in [5, 5.41) is 0. The second kappa shape index (κ2) is 5.27. The number of fused-ring (bicyclic) bond motifs is 1. The molecule has 0 spiro atoms. The topological polar surface area (TPSA) is 63.2 Å². The molecule has 7 heteroatoms. The van der Waals surface area contributed by atoms with E-state index in [-0.39, 0.29) is 17.8 Å². The molecule has 0 N–H and O–H groups in total. The Labute approximate surface area is 120 Å². The number of carbonyl (C=O) groups excluding carboxylic acids is 1. The molecule has 1 saturated heterocycles. The molecule has 1 saturated carbocycles. The van der Waals surface area contributed by atoms with Crippen LogP contribution >= 0.6 is 7.74 Å². The van der Waals surface area contributed by atoms with Gasteiger partial charge in [-0.3, -0.25) is 0 Å². The van der Waals surface area contributed by atoms with Crippen LogP contribution in [0.4, 0.5) is 0 Å². The fourth-order valence-electron chi connectivity index (χ4n) is 3.26. The van der Waals surface area contributed by atoms with E-state index in [1.807, 2.05) is 0 Å². The molecule has 2 fully saturated rings. The summed E-state index contributed by atoms with van der Waals surface area (Å²) < 4.78 is 28.4. The first-order chi connectivity index (χ1) is 9.35. The molecule has 0 amide bonds. The fraction of sp³-hybridized carbons (Fsp3) is 0.923. The SMILES string of the molecule is COP1(OC)(OC)OC2CCCCC2C(C)(C(C)=O)O1. The van der Waals surface area contributed by atoms with Crippen LogP contribution in [0.15, 0.2) is 0 Å². The monoisotopic (exact) mass is 308 g/mol. The minimum atomic E-state index is -4.17. The van der Waals surface area contributed by atoms with Crippen molar-refractivity contribution in [2.45, 2.75) is 51.2 Å². The summed E-state index contributed by atoms with van der Waals surface area (Å²) in [6, 6.07) is 0. The summed E-state index contributed by atoms with van der Waals surface area (Å²) in [5.74, 6) is -0.0534. The van der Waals surface area contributed by atoms with Crippen LogP contribution in [0.2, 0.25) is 0 Å². The zero-order valence-corrected chi connectivity index (χ0v) is 13.8. The molecular weight excluding hydrogens is 283 g/mol. The first-order valence-corrected chi connectivity index (χ1v) is 8.80. The van der Waals surface area contributed by atoms with Crippen molar-refractivity contribution >= 4 is 13.5 Å². The summed E-state index contributed by atoms with van der Waals surface area (Å²) in [5.41, 5.74) is -1.01. The summed E-state index contributed by atoms with van der Waals surface area (Å²) >= 11 is 0. The Morgan fingerprint density at radius 3 is 2.20 bits per heavy atom. The van der Waals surface area contributed by atoms with Crippen LogP contribution in [0.5, 0.6) is 0 Å². The van der Waals surface area contributed by atoms with Crippen molar-refractivity contribution in [1.29, 1.82) is 0 Å². The third kappa shape index (κ3) is 2.23. The van der Waals surface area contributed by atoms with E-state index in [0.717, 1.165) is 25.7 Å². The van der Waals surface area contributed by atoms with E-state index in [1.165, 1.54) is 28.3 Å². The van der Waals surface area contributed by atoms with E-state index >= 15 is 0 Å². The van der Waals surface area contributed by atoms with Gasteiger partial charge in [-0.25, -0.2) is 0 Å². The molecule has 0 bridgehead atoms. The number of hydrogen-bond donors (Lipinski definition) is 0. The van der Waals surface area contributed by atoms with Crippen LogP contribution in [0, 0.1) is 5.92 Å². The Morgan fingerprint density at radius 1 is 1.15 bits per heavy atom. The number of carbonyl (C=O) groups is 1. The Kier molecular flexibility index (Phi) is 4.29. The Hall–Kier alpha value is -0.1000. The number of hydrogen-bond acceptors (Lipinski definition) is 6. The van der Waals surface area contributed by atoms with E-state index in [9.17, 15) is 4.79 Å². The molecular formula is C13H25O6P. The van der Waals surface area contributed by atoms with E-state index < -0.39 is 13.3 Å². The molecule has 1 aliphatic heterocycles. The van der Waals surface area contributed by atoms with E-state index in [4.69, 9.17) is 22.6 Å². The average Bonchev–Trinajstić information content (AvgIpc) is 2.47. The van der Waals surface area contributed by atoms with Gasteiger partial charge in [-0.05, 0) is 0 Å². The first-order valence-electron chi connectivity index (χ1n) is 6.97. The quantitative estimate of drug-likeness (QED) is 0.744. The molecule has 0 radical (unpaired) electrons. The van der Waals surface area contributed by atoms with Crippen molar-refractivity contribution in [3.8, 4) is 0 Å². The van der Waals surface area contributed by atoms with Gasteiger partial charge in [-0.1, -0.05) is 0 Å².